The van der Waals surface area contributed by atoms with E-state index < -0.39 is 33.4 Å². The van der Waals surface area contributed by atoms with Crippen LogP contribution in [0, 0.1) is 20.2 Å². The number of aromatic hydroxyl groups is 1. The Kier molecular flexibility index (Phi) is 10.1. The highest BCUT2D eigenvalue weighted by molar-refractivity contribution is 5.85. The summed E-state index contributed by atoms with van der Waals surface area (Å²) in [5, 5.41) is 54.0. The van der Waals surface area contributed by atoms with Crippen molar-refractivity contribution < 1.29 is 29.5 Å². The van der Waals surface area contributed by atoms with E-state index in [0.29, 0.717) is 40.4 Å². The lowest BCUT2D eigenvalue weighted by Gasteiger charge is -2.20. The van der Waals surface area contributed by atoms with Crippen molar-refractivity contribution in [1.29, 1.82) is 0 Å². The summed E-state index contributed by atoms with van der Waals surface area (Å²) >= 11 is 0. The Morgan fingerprint density at radius 1 is 0.889 bits per heavy atom. The number of allylic oxidation sites excluding steroid dienone is 1. The van der Waals surface area contributed by atoms with Crippen molar-refractivity contribution in [2.45, 2.75) is 18.6 Å². The van der Waals surface area contributed by atoms with Gasteiger partial charge in [-0.2, -0.15) is 10.2 Å². The lowest BCUT2D eigenvalue weighted by Crippen LogP contribution is -2.33. The van der Waals surface area contributed by atoms with Crippen molar-refractivity contribution in [3.63, 3.8) is 0 Å². The number of aliphatic hydroxyl groups excluding tert-OH is 1. The van der Waals surface area contributed by atoms with E-state index in [-0.39, 0.29) is 0 Å². The Bertz CT molecular complexity index is 1700. The fourth-order valence-electron chi connectivity index (χ4n) is 4.57. The van der Waals surface area contributed by atoms with Crippen LogP contribution in [0.5, 0.6) is 17.2 Å². The van der Waals surface area contributed by atoms with Gasteiger partial charge in [-0.15, -0.1) is 0 Å². The zero-order valence-corrected chi connectivity index (χ0v) is 25.0. The Hall–Kier alpha value is -5.76. The summed E-state index contributed by atoms with van der Waals surface area (Å²) in [6, 6.07) is 14.2. The molecule has 14 heteroatoms. The molecule has 0 bridgehead atoms. The molecule has 0 heterocycles. The first-order valence-electron chi connectivity index (χ1n) is 13.6. The molecule has 14 nitrogen and oxygen atoms in total. The molecule has 0 aromatic heterocycles. The molecule has 3 aromatic rings. The van der Waals surface area contributed by atoms with Crippen molar-refractivity contribution >= 4 is 23.8 Å². The summed E-state index contributed by atoms with van der Waals surface area (Å²) in [6.45, 7) is 0. The van der Waals surface area contributed by atoms with Gasteiger partial charge in [-0.05, 0) is 66.1 Å². The largest absolute Gasteiger partial charge is 0.502 e. The number of nitro groups is 2. The minimum Gasteiger partial charge on any atom is -0.502 e. The molecular weight excluding hydrogens is 584 g/mol. The van der Waals surface area contributed by atoms with E-state index in [1.165, 1.54) is 40.4 Å². The number of benzene rings is 3. The zero-order chi connectivity index (χ0) is 32.7. The van der Waals surface area contributed by atoms with Crippen molar-refractivity contribution in [3.8, 4) is 17.2 Å². The number of methoxy groups -OCH3 is 2. The summed E-state index contributed by atoms with van der Waals surface area (Å²) in [5.41, 5.74) is 3.90. The average molecular weight is 617 g/mol. The van der Waals surface area contributed by atoms with E-state index in [4.69, 9.17) is 9.47 Å². The van der Waals surface area contributed by atoms with Crippen LogP contribution >= 0.6 is 0 Å². The molecular formula is C31H32N6O8. The van der Waals surface area contributed by atoms with Crippen LogP contribution in [0.25, 0.3) is 0 Å². The Balaban J connectivity index is 1.52. The number of hydrazone groups is 2. The monoisotopic (exact) mass is 616 g/mol. The molecule has 2 atom stereocenters. The second kappa shape index (κ2) is 14.1. The molecule has 234 valence electrons. The third kappa shape index (κ3) is 7.80. The van der Waals surface area contributed by atoms with Gasteiger partial charge in [-0.25, -0.2) is 0 Å². The van der Waals surface area contributed by atoms with Crippen LogP contribution in [-0.2, 0) is 6.42 Å². The lowest BCUT2D eigenvalue weighted by molar-refractivity contribution is -0.518. The number of anilines is 1. The first kappa shape index (κ1) is 32.2. The van der Waals surface area contributed by atoms with E-state index in [1.807, 2.05) is 36.4 Å². The maximum Gasteiger partial charge on any atom is 0.310 e. The maximum atomic E-state index is 11.1. The zero-order valence-electron chi connectivity index (χ0n) is 25.0. The molecule has 0 radical (unpaired) electrons. The van der Waals surface area contributed by atoms with Gasteiger partial charge in [0, 0.05) is 42.3 Å². The standard InChI is InChI=1S/C31H32N6O8/c1-34(24-7-9-26(36(40)41)28(38)16-24)32-18-22-14-20(5-11-30(22)44-3)13-21-6-12-31(45-4)23(15-21)19-33-35(2)25-8-10-27(37(42)43)29(39)17-25/h5-12,14-19,26,28,38-39H,13H2,1-4H3. The number of nitro benzene ring substituents is 1. The molecule has 0 saturated heterocycles. The molecule has 1 aliphatic rings. The van der Waals surface area contributed by atoms with Gasteiger partial charge in [0.2, 0.25) is 0 Å². The summed E-state index contributed by atoms with van der Waals surface area (Å²) in [7, 11) is 6.43. The van der Waals surface area contributed by atoms with Gasteiger partial charge < -0.3 is 19.7 Å². The van der Waals surface area contributed by atoms with Gasteiger partial charge in [0.15, 0.2) is 5.75 Å². The predicted molar refractivity (Wildman–Crippen MR) is 169 cm³/mol. The van der Waals surface area contributed by atoms with Crippen molar-refractivity contribution in [3.05, 3.63) is 121 Å². The highest BCUT2D eigenvalue weighted by atomic mass is 16.6. The summed E-state index contributed by atoms with van der Waals surface area (Å²) in [5.74, 6) is 0.733. The summed E-state index contributed by atoms with van der Waals surface area (Å²) < 4.78 is 11.0. The third-order valence-electron chi connectivity index (χ3n) is 7.04. The maximum absolute atomic E-state index is 11.1. The molecule has 0 aliphatic heterocycles. The quantitative estimate of drug-likeness (QED) is 0.171. The van der Waals surface area contributed by atoms with Crippen LogP contribution in [0.15, 0.2) is 88.7 Å². The van der Waals surface area contributed by atoms with Gasteiger partial charge in [0.1, 0.15) is 17.6 Å². The second-order valence-electron chi connectivity index (χ2n) is 10.0. The van der Waals surface area contributed by atoms with Crippen molar-refractivity contribution in [2.24, 2.45) is 10.2 Å². The van der Waals surface area contributed by atoms with Crippen LogP contribution in [-0.4, -0.2) is 78.0 Å². The highest BCUT2D eigenvalue weighted by Crippen LogP contribution is 2.30. The Labute approximate surface area is 258 Å². The number of rotatable bonds is 12. The molecule has 1 aliphatic carbocycles. The SMILES string of the molecule is COc1ccc(Cc2ccc(OC)c(C=NN(C)c3ccc([N+](=O)[O-])c(O)c3)c2)cc1C=NN(C)C1=CC(O)C([N+](=O)[O-])C=C1. The van der Waals surface area contributed by atoms with Gasteiger partial charge >= 0.3 is 5.69 Å². The minimum atomic E-state index is -1.26. The van der Waals surface area contributed by atoms with Gasteiger partial charge in [0.25, 0.3) is 6.04 Å². The number of nitrogens with zero attached hydrogens (tertiary/aromatic N) is 6. The van der Waals surface area contributed by atoms with E-state index >= 15 is 0 Å². The van der Waals surface area contributed by atoms with Crippen LogP contribution < -0.4 is 14.5 Å². The van der Waals surface area contributed by atoms with E-state index in [9.17, 15) is 30.4 Å². The number of ether oxygens (including phenoxy) is 2. The van der Waals surface area contributed by atoms with E-state index in [1.54, 1.807) is 46.8 Å². The van der Waals surface area contributed by atoms with E-state index in [2.05, 4.69) is 10.2 Å². The number of likely N-dealkylation sites (N-methyl/N-ethyl adjacent to an activating group) is 1. The first-order valence-corrected chi connectivity index (χ1v) is 13.6. The number of hydrogen-bond donors (Lipinski definition) is 2. The molecule has 0 saturated carbocycles. The fourth-order valence-corrected chi connectivity index (χ4v) is 4.57. The van der Waals surface area contributed by atoms with Gasteiger partial charge in [-0.3, -0.25) is 30.2 Å². The Morgan fingerprint density at radius 2 is 1.47 bits per heavy atom. The first-order chi connectivity index (χ1) is 21.5. The van der Waals surface area contributed by atoms with Crippen LogP contribution in [0.1, 0.15) is 22.3 Å². The van der Waals surface area contributed by atoms with Crippen LogP contribution in [0.3, 0.4) is 0 Å². The summed E-state index contributed by atoms with van der Waals surface area (Å²) in [4.78, 5) is 20.8. The van der Waals surface area contributed by atoms with Crippen LogP contribution in [0.4, 0.5) is 11.4 Å². The minimum absolute atomic E-state index is 0.392. The predicted octanol–water partition coefficient (Wildman–Crippen LogP) is 4.10. The molecule has 2 unspecified atom stereocenters. The van der Waals surface area contributed by atoms with Gasteiger partial charge in [0.05, 0.1) is 43.0 Å². The summed E-state index contributed by atoms with van der Waals surface area (Å²) in [6.07, 6.45) is 6.77. The lowest BCUT2D eigenvalue weighted by atomic mass is 10.0. The number of aliphatic hydroxyl groups is 1. The molecule has 45 heavy (non-hydrogen) atoms. The molecule has 0 amide bonds. The molecule has 0 fully saturated rings. The molecule has 3 aromatic carbocycles. The van der Waals surface area contributed by atoms with Crippen LogP contribution in [0.2, 0.25) is 0 Å². The normalized spacial score (nSPS) is 16.1. The number of phenols is 1. The van der Waals surface area contributed by atoms with Crippen molar-refractivity contribution in [2.75, 3.05) is 33.3 Å². The molecule has 2 N–H and O–H groups in total. The Morgan fingerprint density at radius 3 is 1.96 bits per heavy atom. The topological polar surface area (TPSA) is 176 Å². The fraction of sp³-hybridized carbons (Fsp3) is 0.226. The second-order valence-corrected chi connectivity index (χ2v) is 10.0. The average Bonchev–Trinajstić information content (AvgIpc) is 3.02. The van der Waals surface area contributed by atoms with Gasteiger partial charge in [-0.1, -0.05) is 12.1 Å². The number of phenolic OH excluding ortho intramolecular Hbond substituents is 1. The number of hydrogen-bond acceptors (Lipinski definition) is 12. The van der Waals surface area contributed by atoms with Crippen molar-refractivity contribution in [1.82, 2.24) is 5.01 Å². The molecule has 4 rings (SSSR count). The highest BCUT2D eigenvalue weighted by Gasteiger charge is 2.29. The van der Waals surface area contributed by atoms with E-state index in [0.717, 1.165) is 11.1 Å². The smallest absolute Gasteiger partial charge is 0.310 e. The molecule has 0 spiro atoms. The third-order valence-corrected chi connectivity index (χ3v) is 7.04.